The van der Waals surface area contributed by atoms with Crippen molar-refractivity contribution in [2.24, 2.45) is 0 Å². The van der Waals surface area contributed by atoms with E-state index >= 15 is 0 Å². The lowest BCUT2D eigenvalue weighted by Gasteiger charge is -2.12. The lowest BCUT2D eigenvalue weighted by molar-refractivity contribution is -0.186. The molecule has 0 N–H and O–H groups in total. The number of esters is 2. The molecule has 2 rings (SSSR count). The molecule has 0 aliphatic carbocycles. The van der Waals surface area contributed by atoms with Crippen molar-refractivity contribution in [1.29, 1.82) is 0 Å². The molecule has 0 bridgehead atoms. The lowest BCUT2D eigenvalue weighted by Crippen LogP contribution is -2.26. The Kier molecular flexibility index (Phi) is 2.39. The first-order valence-corrected chi connectivity index (χ1v) is 4.31. The first kappa shape index (κ1) is 9.42. The van der Waals surface area contributed by atoms with E-state index in [2.05, 4.69) is 0 Å². The predicted molar refractivity (Wildman–Crippen MR) is 41.1 cm³/mol. The topological polar surface area (TPSA) is 77.7 Å². The van der Waals surface area contributed by atoms with Crippen LogP contribution in [-0.4, -0.2) is 43.7 Å². The molecule has 0 amide bonds. The highest BCUT2D eigenvalue weighted by Gasteiger charge is 2.37. The SMILES string of the molecule is CC(OC(=O)C1CO1)OC(=O)C1CO1. The molecule has 2 aliphatic rings. The minimum Gasteiger partial charge on any atom is -0.423 e. The van der Waals surface area contributed by atoms with Gasteiger partial charge < -0.3 is 18.9 Å². The molecule has 2 aliphatic heterocycles. The second-order valence-corrected chi connectivity index (χ2v) is 3.09. The second-order valence-electron chi connectivity index (χ2n) is 3.09. The van der Waals surface area contributed by atoms with E-state index in [-0.39, 0.29) is 0 Å². The summed E-state index contributed by atoms with van der Waals surface area (Å²) < 4.78 is 18.9. The number of ether oxygens (including phenoxy) is 4. The van der Waals surface area contributed by atoms with Gasteiger partial charge in [0, 0.05) is 6.92 Å². The van der Waals surface area contributed by atoms with Crippen LogP contribution in [0.15, 0.2) is 0 Å². The van der Waals surface area contributed by atoms with Crippen LogP contribution in [0.1, 0.15) is 6.92 Å². The van der Waals surface area contributed by atoms with Crippen LogP contribution in [0.3, 0.4) is 0 Å². The second kappa shape index (κ2) is 3.55. The van der Waals surface area contributed by atoms with E-state index in [0.29, 0.717) is 13.2 Å². The van der Waals surface area contributed by atoms with Crippen LogP contribution in [0.25, 0.3) is 0 Å². The Morgan fingerprint density at radius 2 is 1.50 bits per heavy atom. The summed E-state index contributed by atoms with van der Waals surface area (Å²) in [6, 6.07) is 0. The highest BCUT2D eigenvalue weighted by atomic mass is 16.7. The summed E-state index contributed by atoms with van der Waals surface area (Å²) in [6.07, 6.45) is -1.84. The molecule has 2 unspecified atom stereocenters. The van der Waals surface area contributed by atoms with Gasteiger partial charge in [-0.25, -0.2) is 9.59 Å². The number of epoxide rings is 2. The molecule has 6 nitrogen and oxygen atoms in total. The van der Waals surface area contributed by atoms with Crippen LogP contribution in [-0.2, 0) is 28.5 Å². The zero-order valence-corrected chi connectivity index (χ0v) is 7.60. The van der Waals surface area contributed by atoms with Crippen molar-refractivity contribution in [3.05, 3.63) is 0 Å². The molecule has 78 valence electrons. The van der Waals surface area contributed by atoms with Gasteiger partial charge in [0.05, 0.1) is 13.2 Å². The molecule has 2 fully saturated rings. The van der Waals surface area contributed by atoms with Crippen LogP contribution in [0.2, 0.25) is 0 Å². The Morgan fingerprint density at radius 3 is 1.79 bits per heavy atom. The summed E-state index contributed by atoms with van der Waals surface area (Å²) in [5.41, 5.74) is 0. The molecule has 0 aromatic heterocycles. The zero-order valence-electron chi connectivity index (χ0n) is 7.60. The Morgan fingerprint density at radius 1 is 1.14 bits per heavy atom. The summed E-state index contributed by atoms with van der Waals surface area (Å²) in [5, 5.41) is 0. The van der Waals surface area contributed by atoms with Crippen molar-refractivity contribution in [2.75, 3.05) is 13.2 Å². The maximum atomic E-state index is 11.0. The Hall–Kier alpha value is -1.14. The smallest absolute Gasteiger partial charge is 0.340 e. The van der Waals surface area contributed by atoms with Crippen molar-refractivity contribution in [1.82, 2.24) is 0 Å². The molecule has 0 aromatic carbocycles. The Balaban J connectivity index is 1.68. The third-order valence-electron chi connectivity index (χ3n) is 1.76. The van der Waals surface area contributed by atoms with Gasteiger partial charge in [-0.05, 0) is 0 Å². The van der Waals surface area contributed by atoms with E-state index in [1.807, 2.05) is 0 Å². The fraction of sp³-hybridized carbons (Fsp3) is 0.750. The van der Waals surface area contributed by atoms with Crippen molar-refractivity contribution < 1.29 is 28.5 Å². The summed E-state index contributed by atoms with van der Waals surface area (Å²) in [5.74, 6) is -0.996. The van der Waals surface area contributed by atoms with E-state index < -0.39 is 30.4 Å². The average Bonchev–Trinajstić information content (AvgIpc) is 2.98. The average molecular weight is 202 g/mol. The Labute approximate surface area is 80.1 Å². The molecule has 0 saturated carbocycles. The Bertz CT molecular complexity index is 229. The number of hydrogen-bond donors (Lipinski definition) is 0. The summed E-state index contributed by atoms with van der Waals surface area (Å²) in [4.78, 5) is 22.0. The van der Waals surface area contributed by atoms with E-state index in [1.165, 1.54) is 6.92 Å². The zero-order chi connectivity index (χ0) is 10.1. The molecule has 0 spiro atoms. The van der Waals surface area contributed by atoms with Crippen LogP contribution in [0.4, 0.5) is 0 Å². The quantitative estimate of drug-likeness (QED) is 0.338. The first-order chi connectivity index (χ1) is 6.66. The van der Waals surface area contributed by atoms with Gasteiger partial charge in [0.15, 0.2) is 12.2 Å². The lowest BCUT2D eigenvalue weighted by atomic mass is 10.5. The van der Waals surface area contributed by atoms with Crippen LogP contribution in [0.5, 0.6) is 0 Å². The molecule has 0 radical (unpaired) electrons. The fourth-order valence-corrected chi connectivity index (χ4v) is 0.871. The molecular weight excluding hydrogens is 192 g/mol. The minimum atomic E-state index is -0.886. The van der Waals surface area contributed by atoms with E-state index in [1.54, 1.807) is 0 Å². The van der Waals surface area contributed by atoms with Gasteiger partial charge in [-0.2, -0.15) is 0 Å². The standard InChI is InChI=1S/C8H10O6/c1-4(13-7(9)5-2-11-5)14-8(10)6-3-12-6/h4-6H,2-3H2,1H3. The number of hydrogen-bond acceptors (Lipinski definition) is 6. The summed E-state index contributed by atoms with van der Waals surface area (Å²) in [6.45, 7) is 2.23. The monoisotopic (exact) mass is 202 g/mol. The van der Waals surface area contributed by atoms with Gasteiger partial charge in [0.1, 0.15) is 0 Å². The number of rotatable bonds is 4. The molecule has 2 heterocycles. The van der Waals surface area contributed by atoms with Crippen molar-refractivity contribution in [2.45, 2.75) is 25.4 Å². The highest BCUT2D eigenvalue weighted by molar-refractivity contribution is 5.78. The summed E-state index contributed by atoms with van der Waals surface area (Å²) >= 11 is 0. The van der Waals surface area contributed by atoms with Crippen molar-refractivity contribution in [3.8, 4) is 0 Å². The number of carbonyl (C=O) groups excluding carboxylic acids is 2. The van der Waals surface area contributed by atoms with Gasteiger partial charge in [0.2, 0.25) is 6.29 Å². The molecule has 0 aromatic rings. The number of carbonyl (C=O) groups is 2. The van der Waals surface area contributed by atoms with Crippen LogP contribution >= 0.6 is 0 Å². The van der Waals surface area contributed by atoms with E-state index in [4.69, 9.17) is 18.9 Å². The van der Waals surface area contributed by atoms with Crippen LogP contribution < -0.4 is 0 Å². The maximum Gasteiger partial charge on any atom is 0.340 e. The largest absolute Gasteiger partial charge is 0.423 e. The third-order valence-corrected chi connectivity index (χ3v) is 1.76. The molecular formula is C8H10O6. The predicted octanol–water partition coefficient (Wildman–Crippen LogP) is -0.784. The normalized spacial score (nSPS) is 30.4. The van der Waals surface area contributed by atoms with Crippen molar-refractivity contribution >= 4 is 11.9 Å². The summed E-state index contributed by atoms with van der Waals surface area (Å²) in [7, 11) is 0. The van der Waals surface area contributed by atoms with Gasteiger partial charge in [0.25, 0.3) is 0 Å². The van der Waals surface area contributed by atoms with Crippen molar-refractivity contribution in [3.63, 3.8) is 0 Å². The highest BCUT2D eigenvalue weighted by Crippen LogP contribution is 2.15. The molecule has 2 saturated heterocycles. The molecule has 6 heteroatoms. The van der Waals surface area contributed by atoms with Gasteiger partial charge >= 0.3 is 11.9 Å². The van der Waals surface area contributed by atoms with Gasteiger partial charge in [-0.15, -0.1) is 0 Å². The minimum absolute atomic E-state index is 0.380. The fourth-order valence-electron chi connectivity index (χ4n) is 0.871. The van der Waals surface area contributed by atoms with Gasteiger partial charge in [-0.1, -0.05) is 0 Å². The first-order valence-electron chi connectivity index (χ1n) is 4.31. The van der Waals surface area contributed by atoms with E-state index in [0.717, 1.165) is 0 Å². The van der Waals surface area contributed by atoms with Crippen LogP contribution in [0, 0.1) is 0 Å². The maximum absolute atomic E-state index is 11.0. The van der Waals surface area contributed by atoms with Gasteiger partial charge in [-0.3, -0.25) is 0 Å². The third kappa shape index (κ3) is 2.43. The van der Waals surface area contributed by atoms with E-state index in [9.17, 15) is 9.59 Å². The molecule has 14 heavy (non-hydrogen) atoms. The molecule has 2 atom stereocenters.